The summed E-state index contributed by atoms with van der Waals surface area (Å²) in [7, 11) is 1.50. The monoisotopic (exact) mass is 317 g/mol. The van der Waals surface area contributed by atoms with Crippen molar-refractivity contribution in [2.24, 2.45) is 0 Å². The summed E-state index contributed by atoms with van der Waals surface area (Å²) in [5.41, 5.74) is 1.94. The number of rotatable bonds is 3. The highest BCUT2D eigenvalue weighted by Gasteiger charge is 2.24. The maximum Gasteiger partial charge on any atom is 0.349 e. The highest BCUT2D eigenvalue weighted by atomic mass is 32.1. The number of hydrogen-bond acceptors (Lipinski definition) is 5. The summed E-state index contributed by atoms with van der Waals surface area (Å²) in [5.74, 6) is -0.00757. The van der Waals surface area contributed by atoms with Gasteiger partial charge < -0.3 is 14.8 Å². The molecule has 2 aromatic rings. The van der Waals surface area contributed by atoms with Gasteiger partial charge in [-0.25, -0.2) is 4.79 Å². The summed E-state index contributed by atoms with van der Waals surface area (Å²) in [6.07, 6.45) is -0.819. The zero-order chi connectivity index (χ0) is 15.7. The molecule has 0 fully saturated rings. The molecule has 2 heterocycles. The van der Waals surface area contributed by atoms with Crippen molar-refractivity contribution in [1.82, 2.24) is 5.32 Å². The minimum Gasteiger partial charge on any atom is -0.488 e. The fraction of sp³-hybridized carbons (Fsp3) is 0.250. The van der Waals surface area contributed by atoms with E-state index in [1.165, 1.54) is 18.4 Å². The predicted molar refractivity (Wildman–Crippen MR) is 83.0 cm³/mol. The second-order valence-corrected chi connectivity index (χ2v) is 5.96. The van der Waals surface area contributed by atoms with Gasteiger partial charge in [0.25, 0.3) is 5.91 Å². The average molecular weight is 317 g/mol. The van der Waals surface area contributed by atoms with Gasteiger partial charge in [0.1, 0.15) is 17.2 Å². The number of para-hydroxylation sites is 1. The number of benzene rings is 1. The number of likely N-dealkylation sites (N-methyl/N-ethyl adjacent to an activating group) is 1. The molecule has 1 atom stereocenters. The maximum atomic E-state index is 12.2. The SMILES string of the molecule is CNC(=O)[C@@H](C)OC(=O)c1cc2c(s1)-c1ccccc1OC2. The Kier molecular flexibility index (Phi) is 3.85. The van der Waals surface area contributed by atoms with Gasteiger partial charge >= 0.3 is 5.97 Å². The summed E-state index contributed by atoms with van der Waals surface area (Å²) in [5, 5.41) is 2.45. The van der Waals surface area contributed by atoms with Crippen LogP contribution in [0.2, 0.25) is 0 Å². The Bertz CT molecular complexity index is 737. The van der Waals surface area contributed by atoms with E-state index in [0.29, 0.717) is 11.5 Å². The van der Waals surface area contributed by atoms with E-state index >= 15 is 0 Å². The number of amides is 1. The number of nitrogens with one attached hydrogen (secondary N) is 1. The lowest BCUT2D eigenvalue weighted by Crippen LogP contribution is -2.33. The van der Waals surface area contributed by atoms with Gasteiger partial charge in [0.2, 0.25) is 0 Å². The van der Waals surface area contributed by atoms with Crippen LogP contribution in [-0.2, 0) is 16.1 Å². The van der Waals surface area contributed by atoms with E-state index in [1.54, 1.807) is 13.0 Å². The van der Waals surface area contributed by atoms with Gasteiger partial charge in [0, 0.05) is 23.1 Å². The minimum atomic E-state index is -0.819. The lowest BCUT2D eigenvalue weighted by Gasteiger charge is -2.16. The van der Waals surface area contributed by atoms with E-state index in [9.17, 15) is 9.59 Å². The van der Waals surface area contributed by atoms with Crippen molar-refractivity contribution in [2.75, 3.05) is 7.05 Å². The Morgan fingerprint density at radius 1 is 1.36 bits per heavy atom. The summed E-state index contributed by atoms with van der Waals surface area (Å²) >= 11 is 1.36. The molecule has 22 heavy (non-hydrogen) atoms. The molecule has 1 amide bonds. The van der Waals surface area contributed by atoms with Crippen molar-refractivity contribution >= 4 is 23.2 Å². The van der Waals surface area contributed by atoms with Gasteiger partial charge in [0.15, 0.2) is 6.10 Å². The Labute approximate surface area is 131 Å². The molecule has 0 unspecified atom stereocenters. The molecule has 114 valence electrons. The molecule has 1 N–H and O–H groups in total. The van der Waals surface area contributed by atoms with Crippen LogP contribution in [0.15, 0.2) is 30.3 Å². The molecule has 0 bridgehead atoms. The largest absolute Gasteiger partial charge is 0.488 e. The van der Waals surface area contributed by atoms with Gasteiger partial charge in [-0.05, 0) is 25.1 Å². The fourth-order valence-electron chi connectivity index (χ4n) is 2.28. The summed E-state index contributed by atoms with van der Waals surface area (Å²) in [4.78, 5) is 25.1. The number of esters is 1. The van der Waals surface area contributed by atoms with E-state index in [-0.39, 0.29) is 5.91 Å². The molecule has 1 aromatic heterocycles. The standard InChI is InChI=1S/C16H15NO4S/c1-9(15(18)17-2)21-16(19)13-7-10-8-20-12-6-4-3-5-11(12)14(10)22-13/h3-7,9H,8H2,1-2H3,(H,17,18)/t9-/m1/s1. The Morgan fingerprint density at radius 2 is 2.14 bits per heavy atom. The molecule has 3 rings (SSSR count). The molecule has 5 nitrogen and oxygen atoms in total. The second-order valence-electron chi connectivity index (χ2n) is 4.91. The van der Waals surface area contributed by atoms with Crippen LogP contribution >= 0.6 is 11.3 Å². The molecular formula is C16H15NO4S. The second kappa shape index (κ2) is 5.81. The molecule has 0 radical (unpaired) electrons. The summed E-state index contributed by atoms with van der Waals surface area (Å²) in [6.45, 7) is 1.98. The highest BCUT2D eigenvalue weighted by Crippen LogP contribution is 2.42. The van der Waals surface area contributed by atoms with Crippen LogP contribution in [0.5, 0.6) is 5.75 Å². The minimum absolute atomic E-state index is 0.330. The zero-order valence-electron chi connectivity index (χ0n) is 12.2. The smallest absolute Gasteiger partial charge is 0.349 e. The van der Waals surface area contributed by atoms with E-state index < -0.39 is 12.1 Å². The first kappa shape index (κ1) is 14.6. The number of carbonyl (C=O) groups excluding carboxylic acids is 2. The molecule has 1 aliphatic rings. The van der Waals surface area contributed by atoms with Crippen LogP contribution in [0.4, 0.5) is 0 Å². The highest BCUT2D eigenvalue weighted by molar-refractivity contribution is 7.17. The lowest BCUT2D eigenvalue weighted by atomic mass is 10.1. The van der Waals surface area contributed by atoms with Gasteiger partial charge in [0.05, 0.1) is 0 Å². The summed E-state index contributed by atoms with van der Waals surface area (Å²) in [6, 6.07) is 9.49. The van der Waals surface area contributed by atoms with Gasteiger partial charge in [-0.15, -0.1) is 11.3 Å². The van der Waals surface area contributed by atoms with E-state index in [4.69, 9.17) is 9.47 Å². The molecule has 0 aliphatic carbocycles. The molecule has 1 aromatic carbocycles. The first-order valence-corrected chi connectivity index (χ1v) is 7.69. The fourth-order valence-corrected chi connectivity index (χ4v) is 3.36. The third-order valence-corrected chi connectivity index (χ3v) is 4.62. The first-order chi connectivity index (χ1) is 10.6. The van der Waals surface area contributed by atoms with Crippen molar-refractivity contribution in [2.45, 2.75) is 19.6 Å². The van der Waals surface area contributed by atoms with Gasteiger partial charge in [-0.2, -0.15) is 0 Å². The summed E-state index contributed by atoms with van der Waals surface area (Å²) < 4.78 is 10.8. The quantitative estimate of drug-likeness (QED) is 0.884. The molecule has 6 heteroatoms. The molecular weight excluding hydrogens is 302 g/mol. The maximum absolute atomic E-state index is 12.2. The molecule has 0 saturated heterocycles. The van der Waals surface area contributed by atoms with Crippen molar-refractivity contribution in [1.29, 1.82) is 0 Å². The molecule has 0 spiro atoms. The Balaban J connectivity index is 1.85. The van der Waals surface area contributed by atoms with Crippen LogP contribution in [0.3, 0.4) is 0 Å². The van der Waals surface area contributed by atoms with E-state index in [2.05, 4.69) is 5.32 Å². The van der Waals surface area contributed by atoms with Crippen molar-refractivity contribution < 1.29 is 19.1 Å². The lowest BCUT2D eigenvalue weighted by molar-refractivity contribution is -0.128. The number of thiophene rings is 1. The Morgan fingerprint density at radius 3 is 2.91 bits per heavy atom. The number of fused-ring (bicyclic) bond motifs is 3. The van der Waals surface area contributed by atoms with E-state index in [0.717, 1.165) is 21.8 Å². The van der Waals surface area contributed by atoms with Crippen molar-refractivity contribution in [3.63, 3.8) is 0 Å². The number of ether oxygens (including phenoxy) is 2. The predicted octanol–water partition coefficient (Wildman–Crippen LogP) is 2.60. The van der Waals surface area contributed by atoms with Crippen molar-refractivity contribution in [3.05, 3.63) is 40.8 Å². The molecule has 1 aliphatic heterocycles. The Hall–Kier alpha value is -2.34. The third-order valence-electron chi connectivity index (χ3n) is 3.42. The van der Waals surface area contributed by atoms with Crippen LogP contribution in [0, 0.1) is 0 Å². The average Bonchev–Trinajstić information content (AvgIpc) is 2.98. The van der Waals surface area contributed by atoms with Crippen LogP contribution in [0.25, 0.3) is 10.4 Å². The first-order valence-electron chi connectivity index (χ1n) is 6.87. The zero-order valence-corrected chi connectivity index (χ0v) is 13.0. The van der Waals surface area contributed by atoms with Crippen LogP contribution in [-0.4, -0.2) is 25.0 Å². The van der Waals surface area contributed by atoms with Crippen LogP contribution < -0.4 is 10.1 Å². The van der Waals surface area contributed by atoms with Gasteiger partial charge in [-0.3, -0.25) is 4.79 Å². The van der Waals surface area contributed by atoms with Gasteiger partial charge in [-0.1, -0.05) is 12.1 Å². The van der Waals surface area contributed by atoms with Crippen molar-refractivity contribution in [3.8, 4) is 16.2 Å². The van der Waals surface area contributed by atoms with E-state index in [1.807, 2.05) is 24.3 Å². The molecule has 0 saturated carbocycles. The topological polar surface area (TPSA) is 64.6 Å². The normalized spacial score (nSPS) is 13.4. The third kappa shape index (κ3) is 2.57. The number of hydrogen-bond donors (Lipinski definition) is 1. The van der Waals surface area contributed by atoms with Crippen LogP contribution in [0.1, 0.15) is 22.2 Å². The number of carbonyl (C=O) groups is 2.